The predicted molar refractivity (Wildman–Crippen MR) is 135 cm³/mol. The number of nitrogens with zero attached hydrogens (tertiary/aromatic N) is 3. The lowest BCUT2D eigenvalue weighted by molar-refractivity contribution is 0.155. The van der Waals surface area contributed by atoms with Crippen LogP contribution < -0.4 is 16.5 Å². The SMILES string of the molecule is NC(=NNC(=NC1CCCCC1)NC1CCCCC1)N(C1CCCCC1)C1CCCCC1. The van der Waals surface area contributed by atoms with Gasteiger partial charge in [-0.2, -0.15) is 0 Å². The van der Waals surface area contributed by atoms with E-state index in [1.54, 1.807) is 0 Å². The molecule has 4 N–H and O–H groups in total. The fourth-order valence-corrected chi connectivity index (χ4v) is 6.49. The molecule has 4 fully saturated rings. The zero-order chi connectivity index (χ0) is 22.0. The number of aliphatic imine (C=N–C) groups is 1. The van der Waals surface area contributed by atoms with Crippen molar-refractivity contribution in [2.75, 3.05) is 0 Å². The van der Waals surface area contributed by atoms with Crippen LogP contribution >= 0.6 is 0 Å². The first-order valence-corrected chi connectivity index (χ1v) is 14.0. The van der Waals surface area contributed by atoms with Crippen LogP contribution in [0.25, 0.3) is 0 Å². The molecule has 0 bridgehead atoms. The van der Waals surface area contributed by atoms with Gasteiger partial charge in [-0.25, -0.2) is 10.4 Å². The Kier molecular flexibility index (Phi) is 9.40. The minimum Gasteiger partial charge on any atom is -0.368 e. The standard InChI is InChI=1S/C26H48N6/c27-25(32(23-17-9-3-10-18-23)24-19-11-4-12-20-24)30-31-26(28-21-13-5-1-6-14-21)29-22-15-7-2-8-16-22/h21-24H,1-20H2,(H2,27,30)(H2,28,29,31). The Morgan fingerprint density at radius 2 is 1.09 bits per heavy atom. The first-order chi connectivity index (χ1) is 15.8. The number of hydrogen-bond donors (Lipinski definition) is 3. The van der Waals surface area contributed by atoms with Crippen molar-refractivity contribution in [3.63, 3.8) is 0 Å². The van der Waals surface area contributed by atoms with E-state index in [4.69, 9.17) is 15.8 Å². The van der Waals surface area contributed by atoms with Crippen molar-refractivity contribution in [3.05, 3.63) is 0 Å². The van der Waals surface area contributed by atoms with E-state index < -0.39 is 0 Å². The van der Waals surface area contributed by atoms with Gasteiger partial charge in [0.1, 0.15) is 0 Å². The molecule has 4 aliphatic carbocycles. The molecule has 182 valence electrons. The van der Waals surface area contributed by atoms with E-state index in [-0.39, 0.29) is 0 Å². The molecule has 0 heterocycles. The van der Waals surface area contributed by atoms with E-state index in [9.17, 15) is 0 Å². The summed E-state index contributed by atoms with van der Waals surface area (Å²) in [5.41, 5.74) is 10.1. The molecule has 0 aliphatic heterocycles. The summed E-state index contributed by atoms with van der Waals surface area (Å²) in [6.07, 6.45) is 25.9. The van der Waals surface area contributed by atoms with E-state index in [1.807, 2.05) is 0 Å². The third-order valence-electron chi connectivity index (χ3n) is 8.31. The van der Waals surface area contributed by atoms with E-state index in [1.165, 1.54) is 128 Å². The Morgan fingerprint density at radius 1 is 0.625 bits per heavy atom. The Morgan fingerprint density at radius 3 is 1.62 bits per heavy atom. The number of hydrazone groups is 1. The maximum Gasteiger partial charge on any atom is 0.214 e. The zero-order valence-electron chi connectivity index (χ0n) is 20.4. The Bertz CT molecular complexity index is 575. The Hall–Kier alpha value is -1.46. The topological polar surface area (TPSA) is 78.0 Å². The van der Waals surface area contributed by atoms with Crippen molar-refractivity contribution in [3.8, 4) is 0 Å². The van der Waals surface area contributed by atoms with E-state index >= 15 is 0 Å². The molecule has 0 saturated heterocycles. The van der Waals surface area contributed by atoms with Gasteiger partial charge < -0.3 is 16.0 Å². The molecule has 0 aromatic carbocycles. The molecular formula is C26H48N6. The number of guanidine groups is 2. The molecule has 0 amide bonds. The first-order valence-electron chi connectivity index (χ1n) is 14.0. The molecule has 32 heavy (non-hydrogen) atoms. The van der Waals surface area contributed by atoms with E-state index in [2.05, 4.69) is 15.6 Å². The van der Waals surface area contributed by atoms with Crippen molar-refractivity contribution < 1.29 is 0 Å². The highest BCUT2D eigenvalue weighted by atomic mass is 15.5. The van der Waals surface area contributed by atoms with Gasteiger partial charge in [0.15, 0.2) is 0 Å². The summed E-state index contributed by atoms with van der Waals surface area (Å²) in [5.74, 6) is 1.55. The minimum absolute atomic E-state index is 0.423. The van der Waals surface area contributed by atoms with Gasteiger partial charge in [0, 0.05) is 18.1 Å². The monoisotopic (exact) mass is 444 g/mol. The quantitative estimate of drug-likeness (QED) is 0.302. The molecule has 0 unspecified atom stereocenters. The van der Waals surface area contributed by atoms with Gasteiger partial charge in [-0.05, 0) is 51.4 Å². The molecule has 4 aliphatic rings. The maximum absolute atomic E-state index is 6.72. The average molecular weight is 445 g/mol. The van der Waals surface area contributed by atoms with Gasteiger partial charge in [0.2, 0.25) is 11.9 Å². The second-order valence-corrected chi connectivity index (χ2v) is 10.8. The molecular weight excluding hydrogens is 396 g/mol. The largest absolute Gasteiger partial charge is 0.368 e. The molecule has 0 aromatic rings. The fraction of sp³-hybridized carbons (Fsp3) is 0.923. The van der Waals surface area contributed by atoms with Crippen LogP contribution in [-0.4, -0.2) is 41.0 Å². The second kappa shape index (κ2) is 12.7. The van der Waals surface area contributed by atoms with Crippen LogP contribution in [0.3, 0.4) is 0 Å². The van der Waals surface area contributed by atoms with Gasteiger partial charge >= 0.3 is 0 Å². The number of rotatable bonds is 5. The molecule has 0 spiro atoms. The summed E-state index contributed by atoms with van der Waals surface area (Å²) in [6.45, 7) is 0. The van der Waals surface area contributed by atoms with Crippen LogP contribution in [0.4, 0.5) is 0 Å². The molecule has 4 saturated carbocycles. The van der Waals surface area contributed by atoms with Gasteiger partial charge in [-0.3, -0.25) is 0 Å². The van der Waals surface area contributed by atoms with Crippen LogP contribution in [0.15, 0.2) is 10.1 Å². The van der Waals surface area contributed by atoms with Gasteiger partial charge in [0.05, 0.1) is 6.04 Å². The van der Waals surface area contributed by atoms with Crippen LogP contribution in [0, 0.1) is 0 Å². The third-order valence-corrected chi connectivity index (χ3v) is 8.31. The zero-order valence-corrected chi connectivity index (χ0v) is 20.4. The maximum atomic E-state index is 6.72. The number of nitrogens with two attached hydrogens (primary N) is 1. The lowest BCUT2D eigenvalue weighted by Gasteiger charge is -2.42. The normalized spacial score (nSPS) is 26.1. The molecule has 0 atom stereocenters. The highest BCUT2D eigenvalue weighted by Crippen LogP contribution is 2.30. The lowest BCUT2D eigenvalue weighted by Crippen LogP contribution is -2.53. The van der Waals surface area contributed by atoms with Gasteiger partial charge in [-0.15, -0.1) is 5.10 Å². The van der Waals surface area contributed by atoms with Crippen molar-refractivity contribution >= 4 is 11.9 Å². The molecule has 6 nitrogen and oxygen atoms in total. The Labute approximate surface area is 196 Å². The van der Waals surface area contributed by atoms with E-state index in [0.717, 1.165) is 5.96 Å². The summed E-state index contributed by atoms with van der Waals surface area (Å²) in [5, 5.41) is 8.50. The first kappa shape index (κ1) is 23.7. The highest BCUT2D eigenvalue weighted by Gasteiger charge is 2.30. The predicted octanol–water partition coefficient (Wildman–Crippen LogP) is 5.38. The lowest BCUT2D eigenvalue weighted by atomic mass is 9.89. The summed E-state index contributed by atoms with van der Waals surface area (Å²) in [4.78, 5) is 7.60. The highest BCUT2D eigenvalue weighted by molar-refractivity contribution is 5.84. The van der Waals surface area contributed by atoms with E-state index in [0.29, 0.717) is 30.1 Å². The van der Waals surface area contributed by atoms with Crippen molar-refractivity contribution in [2.24, 2.45) is 15.8 Å². The molecule has 6 heteroatoms. The summed E-state index contributed by atoms with van der Waals surface area (Å²) >= 11 is 0. The van der Waals surface area contributed by atoms with Crippen LogP contribution in [0.5, 0.6) is 0 Å². The summed E-state index contributed by atoms with van der Waals surface area (Å²) < 4.78 is 0. The smallest absolute Gasteiger partial charge is 0.214 e. The molecule has 0 aromatic heterocycles. The van der Waals surface area contributed by atoms with Crippen molar-refractivity contribution in [2.45, 2.75) is 153 Å². The summed E-state index contributed by atoms with van der Waals surface area (Å²) in [6, 6.07) is 2.05. The summed E-state index contributed by atoms with van der Waals surface area (Å²) in [7, 11) is 0. The second-order valence-electron chi connectivity index (χ2n) is 10.8. The number of hydrogen-bond acceptors (Lipinski definition) is 2. The number of nitrogens with one attached hydrogen (secondary N) is 2. The van der Waals surface area contributed by atoms with Crippen molar-refractivity contribution in [1.29, 1.82) is 0 Å². The molecule has 0 radical (unpaired) electrons. The van der Waals surface area contributed by atoms with Crippen LogP contribution in [0.2, 0.25) is 0 Å². The van der Waals surface area contributed by atoms with Crippen molar-refractivity contribution in [1.82, 2.24) is 15.6 Å². The third kappa shape index (κ3) is 7.02. The fourth-order valence-electron chi connectivity index (χ4n) is 6.49. The van der Waals surface area contributed by atoms with Gasteiger partial charge in [0.25, 0.3) is 0 Å². The average Bonchev–Trinajstić information content (AvgIpc) is 2.85. The van der Waals surface area contributed by atoms with Gasteiger partial charge in [-0.1, -0.05) is 77.0 Å². The Balaban J connectivity index is 1.46. The van der Waals surface area contributed by atoms with Crippen LogP contribution in [0.1, 0.15) is 128 Å². The molecule has 4 rings (SSSR count). The minimum atomic E-state index is 0.423. The van der Waals surface area contributed by atoms with Crippen LogP contribution in [-0.2, 0) is 0 Å².